The van der Waals surface area contributed by atoms with E-state index in [9.17, 15) is 4.79 Å². The van der Waals surface area contributed by atoms with E-state index in [2.05, 4.69) is 21.2 Å². The number of ether oxygens (including phenoxy) is 2. The lowest BCUT2D eigenvalue weighted by Gasteiger charge is -2.39. The van der Waals surface area contributed by atoms with E-state index in [0.717, 1.165) is 50.5 Å². The summed E-state index contributed by atoms with van der Waals surface area (Å²) in [6.07, 6.45) is 3.63. The number of morpholine rings is 1. The van der Waals surface area contributed by atoms with Crippen LogP contribution in [-0.4, -0.2) is 74.8 Å². The molecule has 1 atom stereocenters. The quantitative estimate of drug-likeness (QED) is 0.749. The average molecular weight is 376 g/mol. The van der Waals surface area contributed by atoms with Crippen molar-refractivity contribution >= 4 is 5.91 Å². The Kier molecular flexibility index (Phi) is 8.08. The number of nitrogens with one attached hydrogen (secondary N) is 1. The Hall–Kier alpha value is -1.47. The Morgan fingerprint density at radius 2 is 1.96 bits per heavy atom. The monoisotopic (exact) mass is 375 g/mol. The molecule has 6 heteroatoms. The van der Waals surface area contributed by atoms with Gasteiger partial charge < -0.3 is 14.8 Å². The molecule has 0 bridgehead atoms. The third-order valence-corrected chi connectivity index (χ3v) is 5.56. The fourth-order valence-electron chi connectivity index (χ4n) is 4.02. The summed E-state index contributed by atoms with van der Waals surface area (Å²) in [4.78, 5) is 17.4. The van der Waals surface area contributed by atoms with Crippen LogP contribution in [0.5, 0.6) is 0 Å². The average Bonchev–Trinajstić information content (AvgIpc) is 2.70. The molecular weight excluding hydrogens is 342 g/mol. The zero-order valence-electron chi connectivity index (χ0n) is 16.5. The molecule has 0 spiro atoms. The molecule has 2 fully saturated rings. The molecule has 0 saturated carbocycles. The number of piperidine rings is 1. The molecule has 1 aromatic carbocycles. The Labute approximate surface area is 162 Å². The van der Waals surface area contributed by atoms with Crippen LogP contribution in [0.1, 0.15) is 30.4 Å². The third kappa shape index (κ3) is 6.28. The highest BCUT2D eigenvalue weighted by Crippen LogP contribution is 2.18. The van der Waals surface area contributed by atoms with E-state index in [1.54, 1.807) is 7.11 Å². The van der Waals surface area contributed by atoms with Crippen molar-refractivity contribution in [2.24, 2.45) is 0 Å². The molecule has 2 aliphatic rings. The van der Waals surface area contributed by atoms with Crippen molar-refractivity contribution in [1.29, 1.82) is 0 Å². The van der Waals surface area contributed by atoms with E-state index in [1.165, 1.54) is 19.3 Å². The maximum atomic E-state index is 12.6. The summed E-state index contributed by atoms with van der Waals surface area (Å²) in [5, 5.41) is 3.10. The lowest BCUT2D eigenvalue weighted by molar-refractivity contribution is -0.123. The summed E-state index contributed by atoms with van der Waals surface area (Å²) in [6, 6.07) is 8.58. The van der Waals surface area contributed by atoms with Crippen LogP contribution in [-0.2, 0) is 27.4 Å². The number of carbonyl (C=O) groups is 1. The van der Waals surface area contributed by atoms with Gasteiger partial charge in [-0.25, -0.2) is 0 Å². The van der Waals surface area contributed by atoms with Crippen LogP contribution in [0.15, 0.2) is 24.3 Å². The van der Waals surface area contributed by atoms with E-state index < -0.39 is 0 Å². The highest BCUT2D eigenvalue weighted by atomic mass is 16.5. The summed E-state index contributed by atoms with van der Waals surface area (Å²) in [6.45, 7) is 7.35. The number of likely N-dealkylation sites (tertiary alicyclic amines) is 1. The van der Waals surface area contributed by atoms with Crippen LogP contribution >= 0.6 is 0 Å². The number of hydrogen-bond acceptors (Lipinski definition) is 5. The maximum Gasteiger partial charge on any atom is 0.234 e. The summed E-state index contributed by atoms with van der Waals surface area (Å²) >= 11 is 0. The molecule has 27 heavy (non-hydrogen) atoms. The minimum atomic E-state index is 0.107. The Bertz CT molecular complexity index is 590. The van der Waals surface area contributed by atoms with Crippen LogP contribution in [0.25, 0.3) is 0 Å². The first-order chi connectivity index (χ1) is 13.3. The van der Waals surface area contributed by atoms with Crippen molar-refractivity contribution in [2.75, 3.05) is 53.0 Å². The Morgan fingerprint density at radius 3 is 2.74 bits per heavy atom. The van der Waals surface area contributed by atoms with E-state index in [4.69, 9.17) is 9.47 Å². The van der Waals surface area contributed by atoms with Gasteiger partial charge in [-0.2, -0.15) is 0 Å². The number of carbonyl (C=O) groups excluding carboxylic acids is 1. The van der Waals surface area contributed by atoms with E-state index in [-0.39, 0.29) is 5.91 Å². The molecule has 1 aromatic rings. The highest BCUT2D eigenvalue weighted by molar-refractivity contribution is 5.78. The molecule has 2 saturated heterocycles. The van der Waals surface area contributed by atoms with Gasteiger partial charge in [0.05, 0.1) is 26.4 Å². The standard InChI is InChI=1S/C21H33N3O3/c1-26-17-19-7-3-2-6-18(19)14-22-21(25)16-24-9-5-4-8-20(24)15-23-10-12-27-13-11-23/h2-3,6-7,20H,4-5,8-17H2,1H3,(H,22,25). The minimum Gasteiger partial charge on any atom is -0.380 e. The Balaban J connectivity index is 1.49. The van der Waals surface area contributed by atoms with Crippen LogP contribution in [0.4, 0.5) is 0 Å². The molecular formula is C21H33N3O3. The molecule has 6 nitrogen and oxygen atoms in total. The van der Waals surface area contributed by atoms with Crippen LogP contribution < -0.4 is 5.32 Å². The molecule has 0 aromatic heterocycles. The lowest BCUT2D eigenvalue weighted by Crippen LogP contribution is -2.51. The van der Waals surface area contributed by atoms with E-state index in [0.29, 0.717) is 25.7 Å². The molecule has 1 N–H and O–H groups in total. The second-order valence-corrected chi connectivity index (χ2v) is 7.51. The zero-order valence-corrected chi connectivity index (χ0v) is 16.5. The number of rotatable bonds is 8. The number of benzene rings is 1. The lowest BCUT2D eigenvalue weighted by atomic mass is 10.0. The van der Waals surface area contributed by atoms with Gasteiger partial charge in [0.25, 0.3) is 0 Å². The van der Waals surface area contributed by atoms with Gasteiger partial charge >= 0.3 is 0 Å². The molecule has 0 radical (unpaired) electrons. The van der Waals surface area contributed by atoms with E-state index >= 15 is 0 Å². The first kappa shape index (κ1) is 20.3. The molecule has 0 aliphatic carbocycles. The van der Waals surface area contributed by atoms with Crippen molar-refractivity contribution in [1.82, 2.24) is 15.1 Å². The van der Waals surface area contributed by atoms with Crippen molar-refractivity contribution in [3.8, 4) is 0 Å². The van der Waals surface area contributed by atoms with Crippen LogP contribution in [0, 0.1) is 0 Å². The fourth-order valence-corrected chi connectivity index (χ4v) is 4.02. The predicted molar refractivity (Wildman–Crippen MR) is 105 cm³/mol. The minimum absolute atomic E-state index is 0.107. The zero-order chi connectivity index (χ0) is 18.9. The summed E-state index contributed by atoms with van der Waals surface area (Å²) in [7, 11) is 1.69. The summed E-state index contributed by atoms with van der Waals surface area (Å²) < 4.78 is 10.7. The van der Waals surface area contributed by atoms with Gasteiger partial charge in [0.1, 0.15) is 0 Å². The van der Waals surface area contributed by atoms with Gasteiger partial charge in [-0.15, -0.1) is 0 Å². The SMILES string of the molecule is COCc1ccccc1CNC(=O)CN1CCCCC1CN1CCOCC1. The first-order valence-electron chi connectivity index (χ1n) is 10.1. The number of hydrogen-bond donors (Lipinski definition) is 1. The molecule has 1 amide bonds. The number of amides is 1. The number of nitrogens with zero attached hydrogens (tertiary/aromatic N) is 2. The van der Waals surface area contributed by atoms with Gasteiger partial charge in [0.15, 0.2) is 0 Å². The van der Waals surface area contributed by atoms with Crippen molar-refractivity contribution in [2.45, 2.75) is 38.5 Å². The predicted octanol–water partition coefficient (Wildman–Crippen LogP) is 1.64. The maximum absolute atomic E-state index is 12.6. The first-order valence-corrected chi connectivity index (χ1v) is 10.1. The highest BCUT2D eigenvalue weighted by Gasteiger charge is 2.26. The second-order valence-electron chi connectivity index (χ2n) is 7.51. The molecule has 3 rings (SSSR count). The Morgan fingerprint density at radius 1 is 1.19 bits per heavy atom. The van der Waals surface area contributed by atoms with E-state index in [1.807, 2.05) is 18.2 Å². The summed E-state index contributed by atoms with van der Waals surface area (Å²) in [5.41, 5.74) is 2.25. The third-order valence-electron chi connectivity index (χ3n) is 5.56. The molecule has 1 unspecified atom stereocenters. The normalized spacial score (nSPS) is 21.9. The second kappa shape index (κ2) is 10.8. The van der Waals surface area contributed by atoms with Gasteiger partial charge in [-0.3, -0.25) is 14.6 Å². The molecule has 150 valence electrons. The molecule has 2 aliphatic heterocycles. The van der Waals surface area contributed by atoms with Gasteiger partial charge in [-0.1, -0.05) is 30.7 Å². The topological polar surface area (TPSA) is 54.0 Å². The van der Waals surface area contributed by atoms with Gasteiger partial charge in [0.2, 0.25) is 5.91 Å². The van der Waals surface area contributed by atoms with Crippen molar-refractivity contribution in [3.63, 3.8) is 0 Å². The van der Waals surface area contributed by atoms with Crippen LogP contribution in [0.2, 0.25) is 0 Å². The van der Waals surface area contributed by atoms with Gasteiger partial charge in [0, 0.05) is 39.3 Å². The fraction of sp³-hybridized carbons (Fsp3) is 0.667. The van der Waals surface area contributed by atoms with Crippen molar-refractivity contribution in [3.05, 3.63) is 35.4 Å². The van der Waals surface area contributed by atoms with Gasteiger partial charge in [-0.05, 0) is 30.5 Å². The summed E-state index contributed by atoms with van der Waals surface area (Å²) in [5.74, 6) is 0.107. The van der Waals surface area contributed by atoms with Crippen LogP contribution in [0.3, 0.4) is 0 Å². The van der Waals surface area contributed by atoms with Crippen molar-refractivity contribution < 1.29 is 14.3 Å². The number of methoxy groups -OCH3 is 1. The molecule has 2 heterocycles. The largest absolute Gasteiger partial charge is 0.380 e. The smallest absolute Gasteiger partial charge is 0.234 e.